The average molecular weight is 372 g/mol. The van der Waals surface area contributed by atoms with Gasteiger partial charge in [-0.05, 0) is 23.8 Å². The molecule has 124 valence electrons. The zero-order chi connectivity index (χ0) is 18.1. The predicted molar refractivity (Wildman–Crippen MR) is 83.2 cm³/mol. The smallest absolute Gasteiger partial charge is 0.267 e. The van der Waals surface area contributed by atoms with Crippen LogP contribution in [-0.2, 0) is 10.0 Å². The minimum atomic E-state index is -3.87. The van der Waals surface area contributed by atoms with Gasteiger partial charge in [0.15, 0.2) is 0 Å². The number of pyridine rings is 1. The summed E-state index contributed by atoms with van der Waals surface area (Å²) in [7, 11) is -3.87. The highest BCUT2D eigenvalue weighted by Crippen LogP contribution is 2.32. The Morgan fingerprint density at radius 3 is 2.58 bits per heavy atom. The number of carbonyl (C=O) groups is 1. The molecular formula is C14H8ClF2N3O3S. The van der Waals surface area contributed by atoms with E-state index in [1.165, 1.54) is 0 Å². The van der Waals surface area contributed by atoms with Gasteiger partial charge in [0, 0.05) is 16.8 Å². The summed E-state index contributed by atoms with van der Waals surface area (Å²) in [6.45, 7) is 6.84. The van der Waals surface area contributed by atoms with Gasteiger partial charge in [0.2, 0.25) is 21.7 Å². The van der Waals surface area contributed by atoms with E-state index < -0.39 is 33.3 Å². The standard InChI is InChI=1S/C14H8ClF2N3O3S/c1-18-12-3-7(6-19-13(12)17)8-5-11(16)9(4-10(8)15)14(21)20-24(2,22)23/h3-6H,2H3,(H,20,21). The topological polar surface area (TPSA) is 80.5 Å². The molecule has 2 aromatic rings. The highest BCUT2D eigenvalue weighted by Gasteiger charge is 2.19. The molecule has 0 atom stereocenters. The van der Waals surface area contributed by atoms with Crippen LogP contribution >= 0.6 is 11.6 Å². The van der Waals surface area contributed by atoms with E-state index in [1.807, 2.05) is 0 Å². The first-order valence-corrected chi connectivity index (χ1v) is 8.44. The fourth-order valence-corrected chi connectivity index (χ4v) is 2.55. The molecule has 6 nitrogen and oxygen atoms in total. The summed E-state index contributed by atoms with van der Waals surface area (Å²) < 4.78 is 51.1. The van der Waals surface area contributed by atoms with E-state index in [1.54, 1.807) is 4.72 Å². The second-order valence-electron chi connectivity index (χ2n) is 4.66. The number of aromatic nitrogens is 1. The fourth-order valence-electron chi connectivity index (χ4n) is 1.83. The van der Waals surface area contributed by atoms with E-state index in [0.717, 1.165) is 30.7 Å². The van der Waals surface area contributed by atoms with Crippen LogP contribution in [-0.4, -0.2) is 25.6 Å². The van der Waals surface area contributed by atoms with Crippen molar-refractivity contribution in [2.75, 3.05) is 6.26 Å². The third-order valence-corrected chi connectivity index (χ3v) is 3.70. The largest absolute Gasteiger partial charge is 0.268 e. The molecule has 0 aliphatic heterocycles. The zero-order valence-electron chi connectivity index (χ0n) is 12.0. The first kappa shape index (κ1) is 17.8. The normalized spacial score (nSPS) is 11.0. The number of hydrogen-bond donors (Lipinski definition) is 1. The van der Waals surface area contributed by atoms with Gasteiger partial charge in [0.1, 0.15) is 5.82 Å². The van der Waals surface area contributed by atoms with Crippen molar-refractivity contribution in [1.82, 2.24) is 9.71 Å². The predicted octanol–water partition coefficient (Wildman–Crippen LogP) is 2.92. The number of nitrogens with one attached hydrogen (secondary N) is 1. The van der Waals surface area contributed by atoms with Gasteiger partial charge in [-0.2, -0.15) is 4.39 Å². The summed E-state index contributed by atoms with van der Waals surface area (Å²) in [5, 5.41) is -0.0978. The minimum Gasteiger partial charge on any atom is -0.268 e. The van der Waals surface area contributed by atoms with Crippen LogP contribution in [0.5, 0.6) is 0 Å². The number of amides is 1. The summed E-state index contributed by atoms with van der Waals surface area (Å²) in [5.74, 6) is -3.19. The zero-order valence-corrected chi connectivity index (χ0v) is 13.5. The number of benzene rings is 1. The van der Waals surface area contributed by atoms with E-state index in [9.17, 15) is 22.0 Å². The van der Waals surface area contributed by atoms with Crippen molar-refractivity contribution in [1.29, 1.82) is 0 Å². The lowest BCUT2D eigenvalue weighted by molar-refractivity contribution is 0.0978. The van der Waals surface area contributed by atoms with Gasteiger partial charge in [-0.15, -0.1) is 0 Å². The van der Waals surface area contributed by atoms with E-state index in [2.05, 4.69) is 9.83 Å². The molecule has 24 heavy (non-hydrogen) atoms. The molecular weight excluding hydrogens is 364 g/mol. The molecule has 10 heteroatoms. The number of carbonyl (C=O) groups excluding carboxylic acids is 1. The second-order valence-corrected chi connectivity index (χ2v) is 6.82. The molecule has 0 saturated heterocycles. The Morgan fingerprint density at radius 2 is 2.00 bits per heavy atom. The van der Waals surface area contributed by atoms with Crippen LogP contribution in [0.1, 0.15) is 10.4 Å². The van der Waals surface area contributed by atoms with Crippen LogP contribution in [0.15, 0.2) is 24.4 Å². The molecule has 1 aromatic carbocycles. The van der Waals surface area contributed by atoms with Crippen LogP contribution in [0.2, 0.25) is 5.02 Å². The summed E-state index contributed by atoms with van der Waals surface area (Å²) in [6, 6.07) is 2.95. The number of rotatable bonds is 3. The molecule has 0 unspecified atom stereocenters. The molecule has 0 bridgehead atoms. The first-order valence-electron chi connectivity index (χ1n) is 6.17. The molecule has 1 aromatic heterocycles. The summed E-state index contributed by atoms with van der Waals surface area (Å²) in [5.41, 5.74) is -0.707. The number of sulfonamides is 1. The first-order chi connectivity index (χ1) is 11.1. The fraction of sp³-hybridized carbons (Fsp3) is 0.0714. The molecule has 0 saturated carbocycles. The minimum absolute atomic E-state index is 0.0717. The highest BCUT2D eigenvalue weighted by molar-refractivity contribution is 7.89. The molecule has 1 N–H and O–H groups in total. The van der Waals surface area contributed by atoms with E-state index in [-0.39, 0.29) is 21.8 Å². The Morgan fingerprint density at radius 1 is 1.33 bits per heavy atom. The molecule has 1 amide bonds. The van der Waals surface area contributed by atoms with Gasteiger partial charge >= 0.3 is 0 Å². The van der Waals surface area contributed by atoms with Crippen molar-refractivity contribution in [3.63, 3.8) is 0 Å². The van der Waals surface area contributed by atoms with Gasteiger partial charge in [-0.25, -0.2) is 27.4 Å². The van der Waals surface area contributed by atoms with Crippen LogP contribution in [0.3, 0.4) is 0 Å². The monoisotopic (exact) mass is 371 g/mol. The summed E-state index contributed by atoms with van der Waals surface area (Å²) >= 11 is 5.99. The maximum absolute atomic E-state index is 14.1. The summed E-state index contributed by atoms with van der Waals surface area (Å²) in [6.07, 6.45) is 1.80. The van der Waals surface area contributed by atoms with Crippen LogP contribution < -0.4 is 4.72 Å². The Labute approximate surface area is 141 Å². The molecule has 0 fully saturated rings. The number of nitrogens with zero attached hydrogens (tertiary/aromatic N) is 2. The van der Waals surface area contributed by atoms with Gasteiger partial charge in [-0.1, -0.05) is 11.6 Å². The number of halogens is 3. The maximum atomic E-state index is 14.1. The van der Waals surface area contributed by atoms with Gasteiger partial charge < -0.3 is 0 Å². The molecule has 0 radical (unpaired) electrons. The lowest BCUT2D eigenvalue weighted by Gasteiger charge is -2.09. The highest BCUT2D eigenvalue weighted by atomic mass is 35.5. The third-order valence-electron chi connectivity index (χ3n) is 2.83. The molecule has 0 aliphatic rings. The lowest BCUT2D eigenvalue weighted by Crippen LogP contribution is -2.30. The number of hydrogen-bond acceptors (Lipinski definition) is 4. The summed E-state index contributed by atoms with van der Waals surface area (Å²) in [4.78, 5) is 18.1. The van der Waals surface area contributed by atoms with Gasteiger partial charge in [0.05, 0.1) is 18.4 Å². The quantitative estimate of drug-likeness (QED) is 0.664. The third kappa shape index (κ3) is 3.84. The maximum Gasteiger partial charge on any atom is 0.267 e. The van der Waals surface area contributed by atoms with Crippen molar-refractivity contribution < 1.29 is 22.0 Å². The Balaban J connectivity index is 2.51. The molecule has 0 aliphatic carbocycles. The van der Waals surface area contributed by atoms with Crippen molar-refractivity contribution in [2.45, 2.75) is 0 Å². The van der Waals surface area contributed by atoms with Crippen molar-refractivity contribution in [3.8, 4) is 11.1 Å². The average Bonchev–Trinajstić information content (AvgIpc) is 2.48. The van der Waals surface area contributed by atoms with Crippen LogP contribution in [0.25, 0.3) is 16.0 Å². The molecule has 1 heterocycles. The van der Waals surface area contributed by atoms with E-state index in [0.29, 0.717) is 0 Å². The molecule has 2 rings (SSSR count). The Kier molecular flexibility index (Phi) is 4.82. The van der Waals surface area contributed by atoms with Crippen molar-refractivity contribution in [3.05, 3.63) is 58.2 Å². The Bertz CT molecular complexity index is 987. The van der Waals surface area contributed by atoms with Crippen LogP contribution in [0.4, 0.5) is 14.5 Å². The molecule has 0 spiro atoms. The lowest BCUT2D eigenvalue weighted by atomic mass is 10.0. The van der Waals surface area contributed by atoms with Crippen molar-refractivity contribution >= 4 is 33.2 Å². The van der Waals surface area contributed by atoms with E-state index in [4.69, 9.17) is 18.2 Å². The van der Waals surface area contributed by atoms with Gasteiger partial charge in [0.25, 0.3) is 5.91 Å². The van der Waals surface area contributed by atoms with Crippen LogP contribution in [0, 0.1) is 18.3 Å². The van der Waals surface area contributed by atoms with Gasteiger partial charge in [-0.3, -0.25) is 4.79 Å². The SMILES string of the molecule is [C-]#[N+]c1cc(-c2cc(F)c(C(=O)NS(C)(=O)=O)cc2Cl)cnc1F. The second kappa shape index (κ2) is 6.51. The van der Waals surface area contributed by atoms with Crippen molar-refractivity contribution in [2.24, 2.45) is 0 Å². The Hall–Kier alpha value is -2.57. The van der Waals surface area contributed by atoms with E-state index >= 15 is 0 Å².